The molecule has 1 aromatic carbocycles. The number of isocyanates is 1. The Hall–Kier alpha value is -1.51. The third-order valence-corrected chi connectivity index (χ3v) is 5.07. The second kappa shape index (κ2) is 6.31. The first-order valence-corrected chi connectivity index (χ1v) is 8.20. The van der Waals surface area contributed by atoms with Crippen LogP contribution < -0.4 is 9.47 Å². The van der Waals surface area contributed by atoms with Gasteiger partial charge in [0.1, 0.15) is 0 Å². The van der Waals surface area contributed by atoms with Crippen molar-refractivity contribution in [1.82, 2.24) is 0 Å². The molecule has 2 fully saturated rings. The summed E-state index contributed by atoms with van der Waals surface area (Å²) in [4.78, 5) is 14.8. The quantitative estimate of drug-likeness (QED) is 0.597. The number of ether oxygens (including phenoxy) is 2. The smallest absolute Gasteiger partial charge is 0.235 e. The highest BCUT2D eigenvalue weighted by molar-refractivity contribution is 6.32. The van der Waals surface area contributed by atoms with Crippen LogP contribution in [0.25, 0.3) is 0 Å². The summed E-state index contributed by atoms with van der Waals surface area (Å²) in [6, 6.07) is 3.77. The number of rotatable bonds is 5. The van der Waals surface area contributed by atoms with Gasteiger partial charge in [-0.25, -0.2) is 4.79 Å². The minimum Gasteiger partial charge on any atom is -0.491 e. The normalized spacial score (nSPS) is 20.1. The summed E-state index contributed by atoms with van der Waals surface area (Å²) in [7, 11) is 1.59. The van der Waals surface area contributed by atoms with E-state index >= 15 is 0 Å². The van der Waals surface area contributed by atoms with E-state index in [0.717, 1.165) is 37.7 Å². The van der Waals surface area contributed by atoms with Crippen LogP contribution in [0.1, 0.15) is 50.5 Å². The molecule has 0 saturated heterocycles. The zero-order valence-corrected chi connectivity index (χ0v) is 13.5. The number of nitrogens with zero attached hydrogens (tertiary/aromatic N) is 1. The van der Waals surface area contributed by atoms with Crippen LogP contribution in [-0.2, 0) is 10.3 Å². The molecule has 0 amide bonds. The summed E-state index contributed by atoms with van der Waals surface area (Å²) in [6.45, 7) is 0. The lowest BCUT2D eigenvalue weighted by molar-refractivity contribution is 0.198. The first kappa shape index (κ1) is 15.4. The van der Waals surface area contributed by atoms with Crippen molar-refractivity contribution in [3.8, 4) is 11.5 Å². The van der Waals surface area contributed by atoms with Gasteiger partial charge in [0.2, 0.25) is 6.08 Å². The molecule has 4 nitrogen and oxygen atoms in total. The van der Waals surface area contributed by atoms with Gasteiger partial charge >= 0.3 is 0 Å². The van der Waals surface area contributed by atoms with Crippen LogP contribution >= 0.6 is 11.6 Å². The van der Waals surface area contributed by atoms with E-state index in [1.807, 2.05) is 12.1 Å². The predicted octanol–water partition coefficient (Wildman–Crippen LogP) is 4.39. The van der Waals surface area contributed by atoms with Crippen molar-refractivity contribution in [3.63, 3.8) is 0 Å². The maximum Gasteiger partial charge on any atom is 0.235 e. The Bertz CT molecular complexity index is 600. The highest BCUT2D eigenvalue weighted by atomic mass is 35.5. The van der Waals surface area contributed by atoms with Gasteiger partial charge in [0.15, 0.2) is 11.5 Å². The minimum absolute atomic E-state index is 0.215. The number of carbonyl (C=O) groups excluding carboxylic acids is 1. The number of benzene rings is 1. The summed E-state index contributed by atoms with van der Waals surface area (Å²) < 4.78 is 11.5. The molecule has 5 heteroatoms. The average molecular weight is 322 g/mol. The summed E-state index contributed by atoms with van der Waals surface area (Å²) in [5.41, 5.74) is 0.437. The molecule has 2 aliphatic carbocycles. The van der Waals surface area contributed by atoms with Crippen LogP contribution in [0.3, 0.4) is 0 Å². The molecule has 1 aromatic rings. The number of aliphatic imine (C=N–C) groups is 1. The fourth-order valence-electron chi connectivity index (χ4n) is 3.37. The molecule has 2 saturated carbocycles. The zero-order valence-electron chi connectivity index (χ0n) is 12.7. The molecule has 0 heterocycles. The number of methoxy groups -OCH3 is 1. The van der Waals surface area contributed by atoms with E-state index < -0.39 is 5.54 Å². The van der Waals surface area contributed by atoms with Crippen molar-refractivity contribution in [2.45, 2.75) is 56.6 Å². The van der Waals surface area contributed by atoms with E-state index in [1.54, 1.807) is 13.2 Å². The molecule has 0 unspecified atom stereocenters. The van der Waals surface area contributed by atoms with E-state index in [-0.39, 0.29) is 6.10 Å². The van der Waals surface area contributed by atoms with Gasteiger partial charge in [0.25, 0.3) is 0 Å². The Balaban J connectivity index is 1.98. The Kier molecular flexibility index (Phi) is 4.42. The SMILES string of the molecule is COc1c(Cl)cc(C2(N=C=O)CCC2)cc1OC1CCCC1. The van der Waals surface area contributed by atoms with Crippen molar-refractivity contribution < 1.29 is 14.3 Å². The van der Waals surface area contributed by atoms with E-state index in [9.17, 15) is 4.79 Å². The van der Waals surface area contributed by atoms with Gasteiger partial charge in [-0.3, -0.25) is 0 Å². The highest BCUT2D eigenvalue weighted by Crippen LogP contribution is 2.49. The number of hydrogen-bond donors (Lipinski definition) is 0. The lowest BCUT2D eigenvalue weighted by Crippen LogP contribution is -2.32. The van der Waals surface area contributed by atoms with Crippen LogP contribution in [0.15, 0.2) is 17.1 Å². The molecule has 0 aromatic heterocycles. The molecule has 0 aliphatic heterocycles. The van der Waals surface area contributed by atoms with E-state index in [2.05, 4.69) is 4.99 Å². The first-order chi connectivity index (χ1) is 10.7. The van der Waals surface area contributed by atoms with E-state index in [1.165, 1.54) is 12.8 Å². The molecule has 118 valence electrons. The van der Waals surface area contributed by atoms with Gasteiger partial charge in [0.05, 0.1) is 23.8 Å². The largest absolute Gasteiger partial charge is 0.491 e. The zero-order chi connectivity index (χ0) is 15.6. The third kappa shape index (κ3) is 2.73. The van der Waals surface area contributed by atoms with E-state index in [4.69, 9.17) is 21.1 Å². The van der Waals surface area contributed by atoms with Crippen molar-refractivity contribution in [2.75, 3.05) is 7.11 Å². The predicted molar refractivity (Wildman–Crippen MR) is 84.5 cm³/mol. The lowest BCUT2D eigenvalue weighted by Gasteiger charge is -2.37. The van der Waals surface area contributed by atoms with Gasteiger partial charge in [-0.2, -0.15) is 4.99 Å². The van der Waals surface area contributed by atoms with Crippen LogP contribution in [0.4, 0.5) is 0 Å². The summed E-state index contributed by atoms with van der Waals surface area (Å²) >= 11 is 6.36. The Morgan fingerprint density at radius 3 is 2.55 bits per heavy atom. The van der Waals surface area contributed by atoms with Gasteiger partial charge in [-0.15, -0.1) is 0 Å². The molecule has 0 spiro atoms. The Morgan fingerprint density at radius 1 is 1.27 bits per heavy atom. The van der Waals surface area contributed by atoms with Crippen LogP contribution in [0, 0.1) is 0 Å². The maximum atomic E-state index is 10.8. The van der Waals surface area contributed by atoms with Crippen molar-refractivity contribution in [3.05, 3.63) is 22.7 Å². The van der Waals surface area contributed by atoms with Crippen LogP contribution in [-0.4, -0.2) is 19.3 Å². The fraction of sp³-hybridized carbons (Fsp3) is 0.588. The first-order valence-electron chi connectivity index (χ1n) is 7.82. The van der Waals surface area contributed by atoms with Gasteiger partial charge < -0.3 is 9.47 Å². The number of hydrogen-bond acceptors (Lipinski definition) is 4. The summed E-state index contributed by atoms with van der Waals surface area (Å²) in [5.74, 6) is 1.21. The van der Waals surface area contributed by atoms with Gasteiger partial charge in [0, 0.05) is 0 Å². The summed E-state index contributed by atoms with van der Waals surface area (Å²) in [6.07, 6.45) is 9.16. The third-order valence-electron chi connectivity index (χ3n) is 4.79. The minimum atomic E-state index is -0.481. The van der Waals surface area contributed by atoms with Crippen LogP contribution in [0.5, 0.6) is 11.5 Å². The second-order valence-electron chi connectivity index (χ2n) is 6.10. The van der Waals surface area contributed by atoms with E-state index in [0.29, 0.717) is 16.5 Å². The van der Waals surface area contributed by atoms with Crippen molar-refractivity contribution >= 4 is 17.7 Å². The van der Waals surface area contributed by atoms with Gasteiger partial charge in [-0.1, -0.05) is 11.6 Å². The van der Waals surface area contributed by atoms with Gasteiger partial charge in [-0.05, 0) is 62.6 Å². The number of halogens is 1. The topological polar surface area (TPSA) is 47.9 Å². The molecule has 0 N–H and O–H groups in total. The standard InChI is InChI=1S/C17H20ClNO3/c1-21-16-14(18)9-12(17(19-11-20)7-4-8-17)10-15(16)22-13-5-2-3-6-13/h9-10,13H,2-8H2,1H3. The van der Waals surface area contributed by atoms with Crippen molar-refractivity contribution in [1.29, 1.82) is 0 Å². The average Bonchev–Trinajstić information content (AvgIpc) is 2.95. The molecular weight excluding hydrogens is 302 g/mol. The maximum absolute atomic E-state index is 10.8. The molecule has 2 aliphatic rings. The van der Waals surface area contributed by atoms with Crippen LogP contribution in [0.2, 0.25) is 5.02 Å². The molecular formula is C17H20ClNO3. The Labute approximate surface area is 135 Å². The lowest BCUT2D eigenvalue weighted by atomic mass is 9.72. The highest BCUT2D eigenvalue weighted by Gasteiger charge is 2.40. The molecule has 0 atom stereocenters. The molecule has 3 rings (SSSR count). The summed E-state index contributed by atoms with van der Waals surface area (Å²) in [5, 5.41) is 0.500. The Morgan fingerprint density at radius 2 is 2.00 bits per heavy atom. The fourth-order valence-corrected chi connectivity index (χ4v) is 3.66. The molecule has 0 radical (unpaired) electrons. The second-order valence-corrected chi connectivity index (χ2v) is 6.51. The van der Waals surface area contributed by atoms with Crippen molar-refractivity contribution in [2.24, 2.45) is 4.99 Å². The molecule has 0 bridgehead atoms. The molecule has 22 heavy (non-hydrogen) atoms. The monoisotopic (exact) mass is 321 g/mol.